The maximum absolute atomic E-state index is 12.9. The molecule has 0 aliphatic rings. The lowest BCUT2D eigenvalue weighted by molar-refractivity contribution is -0.143. The maximum atomic E-state index is 12.9. The van der Waals surface area contributed by atoms with Gasteiger partial charge in [-0.15, -0.1) is 11.3 Å². The van der Waals surface area contributed by atoms with Crippen LogP contribution >= 0.6 is 11.3 Å². The number of carbonyl (C=O) groups excluding carboxylic acids is 2. The zero-order chi connectivity index (χ0) is 20.6. The Balaban J connectivity index is 2.47. The van der Waals surface area contributed by atoms with Gasteiger partial charge in [0, 0.05) is 10.4 Å². The van der Waals surface area contributed by atoms with Crippen LogP contribution in [0, 0.1) is 0 Å². The van der Waals surface area contributed by atoms with Gasteiger partial charge in [0.05, 0.1) is 16.7 Å². The molecule has 0 radical (unpaired) electrons. The second-order valence-corrected chi connectivity index (χ2v) is 6.56. The maximum Gasteiger partial charge on any atom is 0.416 e. The number of benzene rings is 1. The van der Waals surface area contributed by atoms with E-state index >= 15 is 0 Å². The van der Waals surface area contributed by atoms with Gasteiger partial charge in [-0.25, -0.2) is 0 Å². The Hall–Kier alpha value is -2.56. The average Bonchev–Trinajstić information content (AvgIpc) is 2.96. The number of hydrogen-bond donors (Lipinski definition) is 2. The fraction of sp³-hybridized carbons (Fsp3) is 0.250. The summed E-state index contributed by atoms with van der Waals surface area (Å²) in [5.41, 5.74) is 1.03. The number of hydrogen-bond acceptors (Lipinski definition) is 3. The van der Waals surface area contributed by atoms with Crippen LogP contribution in [0.5, 0.6) is 0 Å². The molecule has 2 amide bonds. The number of thiophene rings is 1. The molecule has 146 valence electrons. The number of anilines is 1. The summed E-state index contributed by atoms with van der Waals surface area (Å²) in [4.78, 5) is 24.3. The minimum absolute atomic E-state index is 0.0460. The molecule has 11 heteroatoms. The van der Waals surface area contributed by atoms with E-state index in [1.165, 1.54) is 6.07 Å². The van der Waals surface area contributed by atoms with Gasteiger partial charge in [-0.2, -0.15) is 26.3 Å². The van der Waals surface area contributed by atoms with Crippen LogP contribution in [0.25, 0.3) is 0 Å². The summed E-state index contributed by atoms with van der Waals surface area (Å²) in [7, 11) is 0. The molecule has 0 aliphatic heterocycles. The molecule has 0 saturated heterocycles. The molecule has 3 N–H and O–H groups in total. The molecule has 1 aromatic carbocycles. The van der Waals surface area contributed by atoms with Crippen molar-refractivity contribution in [3.63, 3.8) is 0 Å². The van der Waals surface area contributed by atoms with Gasteiger partial charge in [-0.3, -0.25) is 9.59 Å². The van der Waals surface area contributed by atoms with Crippen LogP contribution in [0.15, 0.2) is 24.3 Å². The van der Waals surface area contributed by atoms with Crippen LogP contribution in [0.4, 0.5) is 31.3 Å². The number of carbonyl (C=O) groups is 2. The fourth-order valence-electron chi connectivity index (χ4n) is 2.15. The SMILES string of the molecule is CCc1cc(C(N)=O)c(NC(=O)c2cc(C(F)(F)F)cc(C(F)(F)F)c2)s1. The Kier molecular flexibility index (Phi) is 5.55. The van der Waals surface area contributed by atoms with E-state index in [2.05, 4.69) is 5.32 Å². The second-order valence-electron chi connectivity index (χ2n) is 5.42. The molecule has 0 atom stereocenters. The summed E-state index contributed by atoms with van der Waals surface area (Å²) in [5.74, 6) is -2.11. The third-order valence-electron chi connectivity index (χ3n) is 3.47. The summed E-state index contributed by atoms with van der Waals surface area (Å²) in [6.07, 6.45) is -9.66. The highest BCUT2D eigenvalue weighted by Crippen LogP contribution is 2.37. The monoisotopic (exact) mass is 410 g/mol. The fourth-order valence-corrected chi connectivity index (χ4v) is 3.15. The van der Waals surface area contributed by atoms with Crippen molar-refractivity contribution in [2.75, 3.05) is 5.32 Å². The topological polar surface area (TPSA) is 72.2 Å². The third kappa shape index (κ3) is 4.79. The zero-order valence-corrected chi connectivity index (χ0v) is 14.4. The minimum Gasteiger partial charge on any atom is -0.366 e. The molecule has 0 unspecified atom stereocenters. The van der Waals surface area contributed by atoms with Crippen molar-refractivity contribution in [1.29, 1.82) is 0 Å². The molecule has 0 aliphatic carbocycles. The van der Waals surface area contributed by atoms with E-state index in [1.807, 2.05) is 0 Å². The van der Waals surface area contributed by atoms with Crippen molar-refractivity contribution in [2.45, 2.75) is 25.7 Å². The first-order valence-corrected chi connectivity index (χ1v) is 8.18. The normalized spacial score (nSPS) is 12.1. The van der Waals surface area contributed by atoms with E-state index in [9.17, 15) is 35.9 Å². The molecule has 2 aromatic rings. The number of alkyl halides is 6. The van der Waals surface area contributed by atoms with Crippen molar-refractivity contribution in [3.8, 4) is 0 Å². The van der Waals surface area contributed by atoms with E-state index in [4.69, 9.17) is 5.73 Å². The number of aryl methyl sites for hydroxylation is 1. The van der Waals surface area contributed by atoms with Crippen molar-refractivity contribution in [3.05, 3.63) is 51.4 Å². The van der Waals surface area contributed by atoms with Gasteiger partial charge in [0.25, 0.3) is 11.8 Å². The molecule has 4 nitrogen and oxygen atoms in total. The summed E-state index contributed by atoms with van der Waals surface area (Å²) >= 11 is 0.953. The van der Waals surface area contributed by atoms with Crippen LogP contribution in [0.1, 0.15) is 43.6 Å². The highest BCUT2D eigenvalue weighted by molar-refractivity contribution is 7.16. The van der Waals surface area contributed by atoms with Gasteiger partial charge in [-0.1, -0.05) is 6.92 Å². The van der Waals surface area contributed by atoms with Gasteiger partial charge in [0.2, 0.25) is 0 Å². The molecule has 0 fully saturated rings. The van der Waals surface area contributed by atoms with Gasteiger partial charge < -0.3 is 11.1 Å². The Morgan fingerprint density at radius 3 is 1.93 bits per heavy atom. The molecule has 1 heterocycles. The first-order valence-electron chi connectivity index (χ1n) is 7.36. The Labute approximate surface area is 153 Å². The Bertz CT molecular complexity index is 854. The molecular formula is C16H12F6N2O2S. The van der Waals surface area contributed by atoms with Gasteiger partial charge in [0.15, 0.2) is 0 Å². The molecule has 27 heavy (non-hydrogen) atoms. The van der Waals surface area contributed by atoms with Crippen LogP contribution in [0.2, 0.25) is 0 Å². The first-order chi connectivity index (χ1) is 12.3. The van der Waals surface area contributed by atoms with Gasteiger partial charge >= 0.3 is 12.4 Å². The van der Waals surface area contributed by atoms with E-state index in [-0.39, 0.29) is 16.6 Å². The second kappa shape index (κ2) is 7.22. The number of rotatable bonds is 4. The van der Waals surface area contributed by atoms with Crippen molar-refractivity contribution >= 4 is 28.2 Å². The lowest BCUT2D eigenvalue weighted by Gasteiger charge is -2.14. The standard InChI is InChI=1S/C16H12F6N2O2S/c1-2-10-6-11(12(23)25)14(27-10)24-13(26)7-3-8(15(17,18)19)5-9(4-7)16(20,21)22/h3-6H,2H2,1H3,(H2,23,25)(H,24,26). The number of amides is 2. The number of halogens is 6. The van der Waals surface area contributed by atoms with Crippen molar-refractivity contribution in [2.24, 2.45) is 5.73 Å². The predicted octanol–water partition coefficient (Wildman–Crippen LogP) is 4.70. The lowest BCUT2D eigenvalue weighted by Crippen LogP contribution is -2.19. The van der Waals surface area contributed by atoms with Crippen LogP contribution in [0.3, 0.4) is 0 Å². The van der Waals surface area contributed by atoms with Gasteiger partial charge in [-0.05, 0) is 30.7 Å². The smallest absolute Gasteiger partial charge is 0.366 e. The molecule has 1 aromatic heterocycles. The van der Waals surface area contributed by atoms with Crippen LogP contribution < -0.4 is 11.1 Å². The van der Waals surface area contributed by atoms with E-state index in [0.717, 1.165) is 11.3 Å². The molecular weight excluding hydrogens is 398 g/mol. The zero-order valence-electron chi connectivity index (χ0n) is 13.6. The number of nitrogens with two attached hydrogens (primary N) is 1. The molecule has 0 spiro atoms. The van der Waals surface area contributed by atoms with E-state index in [0.29, 0.717) is 23.4 Å². The summed E-state index contributed by atoms with van der Waals surface area (Å²) < 4.78 is 77.3. The third-order valence-corrected chi connectivity index (χ3v) is 4.67. The Morgan fingerprint density at radius 2 is 1.52 bits per heavy atom. The van der Waals surface area contributed by atoms with E-state index in [1.54, 1.807) is 6.92 Å². The molecule has 0 bridgehead atoms. The van der Waals surface area contributed by atoms with Crippen LogP contribution in [-0.4, -0.2) is 11.8 Å². The van der Waals surface area contributed by atoms with Crippen molar-refractivity contribution in [1.82, 2.24) is 0 Å². The lowest BCUT2D eigenvalue weighted by atomic mass is 10.0. The summed E-state index contributed by atoms with van der Waals surface area (Å²) in [6.45, 7) is 1.75. The molecule has 0 saturated carbocycles. The highest BCUT2D eigenvalue weighted by Gasteiger charge is 2.37. The van der Waals surface area contributed by atoms with Gasteiger partial charge in [0.1, 0.15) is 5.00 Å². The largest absolute Gasteiger partial charge is 0.416 e. The van der Waals surface area contributed by atoms with Crippen LogP contribution in [-0.2, 0) is 18.8 Å². The summed E-state index contributed by atoms with van der Waals surface area (Å²) in [5, 5.41) is 2.12. The van der Waals surface area contributed by atoms with E-state index < -0.39 is 40.9 Å². The summed E-state index contributed by atoms with van der Waals surface area (Å²) in [6, 6.07) is 1.94. The highest BCUT2D eigenvalue weighted by atomic mass is 32.1. The minimum atomic E-state index is -5.08. The number of primary amides is 1. The Morgan fingerprint density at radius 1 is 1.00 bits per heavy atom. The predicted molar refractivity (Wildman–Crippen MR) is 86.6 cm³/mol. The van der Waals surface area contributed by atoms with Crippen molar-refractivity contribution < 1.29 is 35.9 Å². The quantitative estimate of drug-likeness (QED) is 0.718. The molecule has 2 rings (SSSR count). The number of nitrogens with one attached hydrogen (secondary N) is 1. The first kappa shape index (κ1) is 20.7. The average molecular weight is 410 g/mol.